The van der Waals surface area contributed by atoms with Crippen LogP contribution in [0.15, 0.2) is 54.7 Å². The van der Waals surface area contributed by atoms with Gasteiger partial charge in [0.2, 0.25) is 17.7 Å². The molecule has 0 bridgehead atoms. The second-order valence-corrected chi connectivity index (χ2v) is 12.0. The SMILES string of the molecule is COc1nc(-c2cccc(-c3cccc(-c4cnc(CNC[C@@H]5CCC(=O)N5)c(OC)n4)c3Cl)c2Cl)ccc1CN[C@@H]1CCOC1. The van der Waals surface area contributed by atoms with Gasteiger partial charge in [0.25, 0.3) is 0 Å². The van der Waals surface area contributed by atoms with Crippen LogP contribution in [0.1, 0.15) is 30.5 Å². The monoisotopic (exact) mass is 662 g/mol. The van der Waals surface area contributed by atoms with E-state index >= 15 is 0 Å². The average Bonchev–Trinajstić information content (AvgIpc) is 3.76. The molecule has 1 amide bonds. The normalized spacial score (nSPS) is 17.7. The van der Waals surface area contributed by atoms with Crippen LogP contribution < -0.4 is 25.4 Å². The summed E-state index contributed by atoms with van der Waals surface area (Å²) >= 11 is 14.1. The maximum absolute atomic E-state index is 11.5. The number of carbonyl (C=O) groups excluding carboxylic acids is 1. The minimum absolute atomic E-state index is 0.0884. The Bertz CT molecular complexity index is 1720. The van der Waals surface area contributed by atoms with Crippen LogP contribution in [0.2, 0.25) is 10.0 Å². The summed E-state index contributed by atoms with van der Waals surface area (Å²) in [6.45, 7) is 3.22. The molecule has 0 spiro atoms. The van der Waals surface area contributed by atoms with Gasteiger partial charge in [-0.3, -0.25) is 9.78 Å². The zero-order valence-corrected chi connectivity index (χ0v) is 27.3. The first-order valence-electron chi connectivity index (χ1n) is 15.3. The molecule has 12 heteroatoms. The van der Waals surface area contributed by atoms with Gasteiger partial charge in [-0.2, -0.15) is 0 Å². The number of ether oxygens (including phenoxy) is 3. The summed E-state index contributed by atoms with van der Waals surface area (Å²) in [7, 11) is 3.18. The highest BCUT2D eigenvalue weighted by atomic mass is 35.5. The van der Waals surface area contributed by atoms with Crippen molar-refractivity contribution in [3.63, 3.8) is 0 Å². The van der Waals surface area contributed by atoms with Gasteiger partial charge in [-0.25, -0.2) is 9.97 Å². The molecule has 4 aromatic rings. The zero-order chi connectivity index (χ0) is 32.0. The van der Waals surface area contributed by atoms with Crippen molar-refractivity contribution in [2.24, 2.45) is 0 Å². The Balaban J connectivity index is 1.23. The van der Waals surface area contributed by atoms with Crippen molar-refractivity contribution < 1.29 is 19.0 Å². The average molecular weight is 664 g/mol. The van der Waals surface area contributed by atoms with Crippen LogP contribution in [0.5, 0.6) is 11.8 Å². The van der Waals surface area contributed by atoms with Gasteiger partial charge in [0.15, 0.2) is 0 Å². The summed E-state index contributed by atoms with van der Waals surface area (Å²) in [4.78, 5) is 25.6. The first kappa shape index (κ1) is 32.2. The first-order chi connectivity index (χ1) is 22.4. The van der Waals surface area contributed by atoms with Crippen LogP contribution >= 0.6 is 23.2 Å². The van der Waals surface area contributed by atoms with Crippen molar-refractivity contribution in [1.29, 1.82) is 0 Å². The third kappa shape index (κ3) is 7.11. The van der Waals surface area contributed by atoms with Crippen LogP contribution in [0.4, 0.5) is 0 Å². The van der Waals surface area contributed by atoms with Gasteiger partial charge in [0.05, 0.1) is 48.5 Å². The molecule has 0 aliphatic carbocycles. The lowest BCUT2D eigenvalue weighted by atomic mass is 9.98. The van der Waals surface area contributed by atoms with Crippen molar-refractivity contribution in [1.82, 2.24) is 30.9 Å². The van der Waals surface area contributed by atoms with Gasteiger partial charge in [-0.05, 0) is 18.9 Å². The van der Waals surface area contributed by atoms with Gasteiger partial charge < -0.3 is 30.2 Å². The summed E-state index contributed by atoms with van der Waals surface area (Å²) < 4.78 is 16.7. The highest BCUT2D eigenvalue weighted by Gasteiger charge is 2.22. The quantitative estimate of drug-likeness (QED) is 0.182. The Morgan fingerprint density at radius 1 is 0.891 bits per heavy atom. The second kappa shape index (κ2) is 14.7. The number of nitrogens with zero attached hydrogens (tertiary/aromatic N) is 3. The van der Waals surface area contributed by atoms with E-state index in [0.717, 1.165) is 41.7 Å². The molecule has 46 heavy (non-hydrogen) atoms. The number of rotatable bonds is 12. The van der Waals surface area contributed by atoms with Crippen molar-refractivity contribution in [3.05, 3.63) is 76.0 Å². The van der Waals surface area contributed by atoms with Crippen molar-refractivity contribution >= 4 is 29.1 Å². The predicted molar refractivity (Wildman–Crippen MR) is 178 cm³/mol. The molecule has 6 rings (SSSR count). The Morgan fingerprint density at radius 2 is 1.59 bits per heavy atom. The summed E-state index contributed by atoms with van der Waals surface area (Å²) in [6.07, 6.45) is 4.06. The topological polar surface area (TPSA) is 120 Å². The van der Waals surface area contributed by atoms with E-state index in [1.54, 1.807) is 20.4 Å². The summed E-state index contributed by atoms with van der Waals surface area (Å²) in [5.74, 6) is 1.03. The van der Waals surface area contributed by atoms with Gasteiger partial charge in [0, 0.05) is 72.6 Å². The molecule has 240 valence electrons. The molecule has 0 saturated carbocycles. The lowest BCUT2D eigenvalue weighted by Crippen LogP contribution is -2.35. The number of aromatic nitrogens is 3. The molecule has 2 aliphatic heterocycles. The fraction of sp³-hybridized carbons (Fsp3) is 0.353. The van der Waals surface area contributed by atoms with Crippen LogP contribution in [0.3, 0.4) is 0 Å². The number of methoxy groups -OCH3 is 2. The van der Waals surface area contributed by atoms with Crippen molar-refractivity contribution in [3.8, 4) is 45.4 Å². The number of amides is 1. The molecular formula is C34H36Cl2N6O4. The van der Waals surface area contributed by atoms with Crippen LogP contribution in [0.25, 0.3) is 33.6 Å². The minimum atomic E-state index is 0.0884. The smallest absolute Gasteiger partial charge is 0.237 e. The molecule has 3 N–H and O–H groups in total. The molecule has 2 atom stereocenters. The standard InChI is InChI=1S/C34H36Cl2N6O4/c1-44-33-20(15-38-22-13-14-46-19-22)9-11-27(41-33)25-7-3-5-23(31(25)35)24-6-4-8-26(32(24)36)28-18-39-29(34(42-28)45-2)17-37-16-21-10-12-30(43)40-21/h3-9,11,18,21-22,37-38H,10,12-17,19H2,1-2H3,(H,40,43)/t21-,22+/m0/s1. The second-order valence-electron chi connectivity index (χ2n) is 11.3. The molecule has 2 fully saturated rings. The van der Waals surface area contributed by atoms with Gasteiger partial charge in [0.1, 0.15) is 5.69 Å². The largest absolute Gasteiger partial charge is 0.481 e. The van der Waals surface area contributed by atoms with E-state index in [9.17, 15) is 4.79 Å². The van der Waals surface area contributed by atoms with E-state index in [1.807, 2.05) is 48.5 Å². The molecular weight excluding hydrogens is 627 g/mol. The number of hydrogen-bond acceptors (Lipinski definition) is 9. The number of pyridine rings is 1. The van der Waals surface area contributed by atoms with Gasteiger partial charge >= 0.3 is 0 Å². The van der Waals surface area contributed by atoms with Crippen molar-refractivity contribution in [2.45, 2.75) is 44.4 Å². The van der Waals surface area contributed by atoms with Crippen LogP contribution in [-0.4, -0.2) is 66.9 Å². The maximum Gasteiger partial charge on any atom is 0.237 e. The Kier molecular flexibility index (Phi) is 10.3. The number of halogens is 2. The third-order valence-corrected chi connectivity index (χ3v) is 9.07. The molecule has 2 aromatic heterocycles. The molecule has 2 saturated heterocycles. The molecule has 0 unspecified atom stereocenters. The summed E-state index contributed by atoms with van der Waals surface area (Å²) in [5.41, 5.74) is 5.86. The first-order valence-corrected chi connectivity index (χ1v) is 16.0. The van der Waals surface area contributed by atoms with Crippen LogP contribution in [-0.2, 0) is 22.6 Å². The highest BCUT2D eigenvalue weighted by molar-refractivity contribution is 6.39. The summed E-state index contributed by atoms with van der Waals surface area (Å²) in [6, 6.07) is 16.0. The number of hydrogen-bond donors (Lipinski definition) is 3. The molecule has 0 radical (unpaired) electrons. The number of nitrogens with one attached hydrogen (secondary N) is 3. The Morgan fingerprint density at radius 3 is 2.24 bits per heavy atom. The Labute approximate surface area is 278 Å². The van der Waals surface area contributed by atoms with E-state index < -0.39 is 0 Å². The number of benzene rings is 2. The molecule has 4 heterocycles. The fourth-order valence-electron chi connectivity index (χ4n) is 5.76. The van der Waals surface area contributed by atoms with E-state index in [4.69, 9.17) is 47.4 Å². The zero-order valence-electron chi connectivity index (χ0n) is 25.7. The predicted octanol–water partition coefficient (Wildman–Crippen LogP) is 5.44. The van der Waals surface area contributed by atoms with E-state index in [2.05, 4.69) is 20.9 Å². The van der Waals surface area contributed by atoms with E-state index in [0.29, 0.717) is 83.2 Å². The highest BCUT2D eigenvalue weighted by Crippen LogP contribution is 2.42. The lowest BCUT2D eigenvalue weighted by Gasteiger charge is -2.16. The summed E-state index contributed by atoms with van der Waals surface area (Å²) in [5, 5.41) is 10.8. The molecule has 10 nitrogen and oxygen atoms in total. The Hall–Kier alpha value is -3.80. The molecule has 2 aliphatic rings. The fourth-order valence-corrected chi connectivity index (χ4v) is 6.41. The third-order valence-electron chi connectivity index (χ3n) is 8.26. The lowest BCUT2D eigenvalue weighted by molar-refractivity contribution is -0.119. The van der Waals surface area contributed by atoms with Gasteiger partial charge in [-0.1, -0.05) is 65.7 Å². The number of carbonyl (C=O) groups is 1. The minimum Gasteiger partial charge on any atom is -0.481 e. The van der Waals surface area contributed by atoms with E-state index in [-0.39, 0.29) is 11.9 Å². The molecule has 2 aromatic carbocycles. The maximum atomic E-state index is 11.5. The van der Waals surface area contributed by atoms with Crippen molar-refractivity contribution in [2.75, 3.05) is 34.0 Å². The van der Waals surface area contributed by atoms with E-state index in [1.165, 1.54) is 0 Å². The van der Waals surface area contributed by atoms with Gasteiger partial charge in [-0.15, -0.1) is 0 Å². The van der Waals surface area contributed by atoms with Crippen LogP contribution in [0, 0.1) is 0 Å².